The molecule has 2 aromatic heterocycles. The van der Waals surface area contributed by atoms with E-state index in [1.165, 1.54) is 0 Å². The van der Waals surface area contributed by atoms with Crippen molar-refractivity contribution in [1.29, 1.82) is 5.26 Å². The molecule has 0 bridgehead atoms. The summed E-state index contributed by atoms with van der Waals surface area (Å²) >= 11 is 0. The van der Waals surface area contributed by atoms with Gasteiger partial charge >= 0.3 is 6.03 Å². The van der Waals surface area contributed by atoms with Crippen LogP contribution in [0.25, 0.3) is 5.65 Å². The van der Waals surface area contributed by atoms with E-state index < -0.39 is 0 Å². The summed E-state index contributed by atoms with van der Waals surface area (Å²) in [6, 6.07) is 14.1. The minimum Gasteiger partial charge on any atom is -0.337 e. The van der Waals surface area contributed by atoms with Crippen molar-refractivity contribution >= 4 is 17.4 Å². The highest BCUT2D eigenvalue weighted by molar-refractivity contribution is 5.89. The van der Waals surface area contributed by atoms with E-state index in [-0.39, 0.29) is 6.03 Å². The van der Waals surface area contributed by atoms with Crippen LogP contribution in [0.1, 0.15) is 11.4 Å². The van der Waals surface area contributed by atoms with Crippen LogP contribution in [0.4, 0.5) is 10.5 Å². The number of amides is 2. The van der Waals surface area contributed by atoms with Gasteiger partial charge in [-0.1, -0.05) is 6.07 Å². The highest BCUT2D eigenvalue weighted by atomic mass is 16.2. The van der Waals surface area contributed by atoms with E-state index in [4.69, 9.17) is 5.26 Å². The first-order valence-electron chi connectivity index (χ1n) is 7.10. The molecule has 0 aliphatic carbocycles. The van der Waals surface area contributed by atoms with Crippen molar-refractivity contribution in [2.24, 2.45) is 0 Å². The first-order chi connectivity index (χ1) is 11.3. The molecule has 0 fully saturated rings. The summed E-state index contributed by atoms with van der Waals surface area (Å²) in [5.41, 5.74) is 1.97. The normalized spacial score (nSPS) is 10.2. The third kappa shape index (κ3) is 3.44. The zero-order chi connectivity index (χ0) is 16.1. The van der Waals surface area contributed by atoms with Crippen LogP contribution in [-0.4, -0.2) is 27.2 Å². The van der Waals surface area contributed by atoms with E-state index in [2.05, 4.69) is 20.8 Å². The van der Waals surface area contributed by atoms with Gasteiger partial charge in [0.15, 0.2) is 5.65 Å². The first kappa shape index (κ1) is 14.5. The van der Waals surface area contributed by atoms with Crippen molar-refractivity contribution in [3.8, 4) is 6.07 Å². The summed E-state index contributed by atoms with van der Waals surface area (Å²) in [7, 11) is 0. The van der Waals surface area contributed by atoms with E-state index in [1.807, 2.05) is 34.9 Å². The first-order valence-corrected chi connectivity index (χ1v) is 7.10. The highest BCUT2D eigenvalue weighted by Crippen LogP contribution is 2.08. The maximum atomic E-state index is 11.8. The topological polar surface area (TPSA) is 95.1 Å². The Hall–Kier alpha value is -3.40. The Morgan fingerprint density at radius 3 is 2.78 bits per heavy atom. The standard InChI is InChI=1S/C16H14N6O/c17-11-12-4-6-13(7-5-12)19-16(23)18-9-8-15-21-20-14-3-1-2-10-22(14)15/h1-7,10H,8-9H2,(H2,18,19,23). The average Bonchev–Trinajstić information content (AvgIpc) is 2.99. The van der Waals surface area contributed by atoms with Crippen molar-refractivity contribution in [3.63, 3.8) is 0 Å². The van der Waals surface area contributed by atoms with Crippen LogP contribution < -0.4 is 10.6 Å². The monoisotopic (exact) mass is 306 g/mol. The quantitative estimate of drug-likeness (QED) is 0.770. The van der Waals surface area contributed by atoms with Gasteiger partial charge in [-0.3, -0.25) is 4.40 Å². The van der Waals surface area contributed by atoms with Crippen LogP contribution in [0.15, 0.2) is 48.7 Å². The minimum atomic E-state index is -0.302. The minimum absolute atomic E-state index is 0.302. The molecule has 2 heterocycles. The number of anilines is 1. The molecule has 0 saturated heterocycles. The van der Waals surface area contributed by atoms with Gasteiger partial charge in [0.25, 0.3) is 0 Å². The summed E-state index contributed by atoms with van der Waals surface area (Å²) in [6.45, 7) is 0.442. The van der Waals surface area contributed by atoms with Crippen molar-refractivity contribution in [2.45, 2.75) is 6.42 Å². The van der Waals surface area contributed by atoms with Gasteiger partial charge in [0.05, 0.1) is 11.6 Å². The molecule has 2 N–H and O–H groups in total. The lowest BCUT2D eigenvalue weighted by molar-refractivity contribution is 0.252. The average molecular weight is 306 g/mol. The maximum Gasteiger partial charge on any atom is 0.319 e. The molecule has 0 radical (unpaired) electrons. The number of hydrogen-bond acceptors (Lipinski definition) is 4. The number of benzene rings is 1. The smallest absolute Gasteiger partial charge is 0.319 e. The Labute approximate surface area is 132 Å². The second-order valence-corrected chi connectivity index (χ2v) is 4.87. The van der Waals surface area contributed by atoms with Crippen LogP contribution in [0, 0.1) is 11.3 Å². The second-order valence-electron chi connectivity index (χ2n) is 4.87. The number of pyridine rings is 1. The van der Waals surface area contributed by atoms with E-state index in [0.717, 1.165) is 11.5 Å². The molecule has 7 nitrogen and oxygen atoms in total. The van der Waals surface area contributed by atoms with Gasteiger partial charge in [0.1, 0.15) is 5.82 Å². The largest absolute Gasteiger partial charge is 0.337 e. The fraction of sp³-hybridized carbons (Fsp3) is 0.125. The Bertz CT molecular complexity index is 862. The van der Waals surface area contributed by atoms with Crippen molar-refractivity contribution in [3.05, 3.63) is 60.0 Å². The van der Waals surface area contributed by atoms with E-state index in [0.29, 0.717) is 24.2 Å². The maximum absolute atomic E-state index is 11.8. The zero-order valence-corrected chi connectivity index (χ0v) is 12.2. The summed E-state index contributed by atoms with van der Waals surface area (Å²) in [6.07, 6.45) is 2.47. The zero-order valence-electron chi connectivity index (χ0n) is 12.2. The number of fused-ring (bicyclic) bond motifs is 1. The lowest BCUT2D eigenvalue weighted by Gasteiger charge is -2.07. The Kier molecular flexibility index (Phi) is 4.16. The molecule has 0 aliphatic heterocycles. The fourth-order valence-corrected chi connectivity index (χ4v) is 2.15. The van der Waals surface area contributed by atoms with Crippen LogP contribution in [0.3, 0.4) is 0 Å². The lowest BCUT2D eigenvalue weighted by atomic mass is 10.2. The molecule has 0 saturated carbocycles. The molecule has 114 valence electrons. The highest BCUT2D eigenvalue weighted by Gasteiger charge is 2.06. The van der Waals surface area contributed by atoms with Crippen molar-refractivity contribution < 1.29 is 4.79 Å². The third-order valence-electron chi connectivity index (χ3n) is 3.29. The number of urea groups is 1. The molecule has 3 aromatic rings. The van der Waals surface area contributed by atoms with Gasteiger partial charge in [-0.15, -0.1) is 10.2 Å². The predicted octanol–water partition coefficient (Wildman–Crippen LogP) is 1.97. The number of nitrogens with one attached hydrogen (secondary N) is 2. The molecule has 0 spiro atoms. The summed E-state index contributed by atoms with van der Waals surface area (Å²) in [4.78, 5) is 11.8. The third-order valence-corrected chi connectivity index (χ3v) is 3.29. The molecule has 1 aromatic carbocycles. The second kappa shape index (κ2) is 6.58. The Morgan fingerprint density at radius 1 is 1.17 bits per heavy atom. The van der Waals surface area contributed by atoms with Crippen LogP contribution in [-0.2, 0) is 6.42 Å². The van der Waals surface area contributed by atoms with Crippen LogP contribution in [0.2, 0.25) is 0 Å². The Balaban J connectivity index is 1.52. The van der Waals surface area contributed by atoms with Gasteiger partial charge in [-0.05, 0) is 36.4 Å². The van der Waals surface area contributed by atoms with Crippen LogP contribution in [0.5, 0.6) is 0 Å². The van der Waals surface area contributed by atoms with Gasteiger partial charge in [0.2, 0.25) is 0 Å². The molecule has 0 atom stereocenters. The molecule has 7 heteroatoms. The van der Waals surface area contributed by atoms with Crippen LogP contribution >= 0.6 is 0 Å². The van der Waals surface area contributed by atoms with Gasteiger partial charge in [0, 0.05) is 24.8 Å². The van der Waals surface area contributed by atoms with Crippen molar-refractivity contribution in [2.75, 3.05) is 11.9 Å². The SMILES string of the molecule is N#Cc1ccc(NC(=O)NCCc2nnc3ccccn23)cc1. The van der Waals surface area contributed by atoms with E-state index in [1.54, 1.807) is 24.3 Å². The molecule has 2 amide bonds. The molecule has 0 unspecified atom stereocenters. The van der Waals surface area contributed by atoms with E-state index >= 15 is 0 Å². The number of carbonyl (C=O) groups is 1. The summed E-state index contributed by atoms with van der Waals surface area (Å²) in [5.74, 6) is 0.791. The lowest BCUT2D eigenvalue weighted by Crippen LogP contribution is -2.30. The molecular weight excluding hydrogens is 292 g/mol. The summed E-state index contributed by atoms with van der Waals surface area (Å²) in [5, 5.41) is 22.4. The molecular formula is C16H14N6O. The van der Waals surface area contributed by atoms with E-state index in [9.17, 15) is 4.79 Å². The predicted molar refractivity (Wildman–Crippen MR) is 84.9 cm³/mol. The number of carbonyl (C=O) groups excluding carboxylic acids is 1. The van der Waals surface area contributed by atoms with Crippen molar-refractivity contribution in [1.82, 2.24) is 19.9 Å². The number of nitrogens with zero attached hydrogens (tertiary/aromatic N) is 4. The van der Waals surface area contributed by atoms with Gasteiger partial charge in [-0.25, -0.2) is 4.79 Å². The van der Waals surface area contributed by atoms with Gasteiger partial charge in [-0.2, -0.15) is 5.26 Å². The Morgan fingerprint density at radius 2 is 2.00 bits per heavy atom. The number of hydrogen-bond donors (Lipinski definition) is 2. The molecule has 0 aliphatic rings. The number of aromatic nitrogens is 3. The number of nitriles is 1. The summed E-state index contributed by atoms with van der Waals surface area (Å²) < 4.78 is 1.89. The fourth-order valence-electron chi connectivity index (χ4n) is 2.15. The molecule has 23 heavy (non-hydrogen) atoms. The number of rotatable bonds is 4. The molecule has 3 rings (SSSR count). The van der Waals surface area contributed by atoms with Gasteiger partial charge < -0.3 is 10.6 Å².